The van der Waals surface area contributed by atoms with Crippen molar-refractivity contribution in [3.8, 4) is 12.3 Å². The van der Waals surface area contributed by atoms with Crippen molar-refractivity contribution >= 4 is 17.4 Å². The van der Waals surface area contributed by atoms with Gasteiger partial charge in [-0.05, 0) is 20.8 Å². The van der Waals surface area contributed by atoms with Crippen LogP contribution in [0.4, 0.5) is 5.82 Å². The van der Waals surface area contributed by atoms with Crippen LogP contribution >= 0.6 is 11.6 Å². The summed E-state index contributed by atoms with van der Waals surface area (Å²) in [5.41, 5.74) is -0.440. The highest BCUT2D eigenvalue weighted by Crippen LogP contribution is 2.15. The highest BCUT2D eigenvalue weighted by molar-refractivity contribution is 6.29. The average molecular weight is 210 g/mol. The molecule has 4 heteroatoms. The molecular formula is C10H12ClN3. The number of rotatable bonds is 2. The average Bonchev–Trinajstić information content (AvgIpc) is 2.01. The molecular weight excluding hydrogens is 198 g/mol. The van der Waals surface area contributed by atoms with Crippen LogP contribution in [0, 0.1) is 19.3 Å². The minimum Gasteiger partial charge on any atom is -0.354 e. The van der Waals surface area contributed by atoms with Gasteiger partial charge in [-0.25, -0.2) is 9.97 Å². The molecule has 0 aromatic carbocycles. The van der Waals surface area contributed by atoms with Crippen molar-refractivity contribution in [3.05, 3.63) is 17.0 Å². The second kappa shape index (κ2) is 3.85. The maximum atomic E-state index is 5.78. The first kappa shape index (κ1) is 10.8. The molecule has 0 fully saturated rings. The highest BCUT2D eigenvalue weighted by Gasteiger charge is 2.14. The first-order valence-corrected chi connectivity index (χ1v) is 4.58. The number of aryl methyl sites for hydroxylation is 1. The number of terminal acetylenes is 1. The van der Waals surface area contributed by atoms with E-state index < -0.39 is 5.54 Å². The van der Waals surface area contributed by atoms with E-state index in [0.29, 0.717) is 16.8 Å². The molecule has 0 aliphatic heterocycles. The summed E-state index contributed by atoms with van der Waals surface area (Å²) in [4.78, 5) is 8.12. The Labute approximate surface area is 88.9 Å². The molecule has 1 aromatic heterocycles. The SMILES string of the molecule is C#CC(C)(C)Nc1cc(Cl)nc(C)n1. The first-order valence-electron chi connectivity index (χ1n) is 4.20. The highest BCUT2D eigenvalue weighted by atomic mass is 35.5. The van der Waals surface area contributed by atoms with Gasteiger partial charge in [0.05, 0.1) is 5.54 Å². The lowest BCUT2D eigenvalue weighted by molar-refractivity contribution is 0.734. The molecule has 3 nitrogen and oxygen atoms in total. The van der Waals surface area contributed by atoms with Gasteiger partial charge in [-0.1, -0.05) is 17.5 Å². The van der Waals surface area contributed by atoms with Crippen LogP contribution in [0.5, 0.6) is 0 Å². The zero-order valence-corrected chi connectivity index (χ0v) is 9.18. The minimum absolute atomic E-state index is 0.410. The molecule has 0 amide bonds. The van der Waals surface area contributed by atoms with Gasteiger partial charge in [0.25, 0.3) is 0 Å². The van der Waals surface area contributed by atoms with E-state index in [1.54, 1.807) is 13.0 Å². The topological polar surface area (TPSA) is 37.8 Å². The van der Waals surface area contributed by atoms with Gasteiger partial charge < -0.3 is 5.32 Å². The van der Waals surface area contributed by atoms with Crippen LogP contribution in [-0.2, 0) is 0 Å². The number of nitrogens with zero attached hydrogens (tertiary/aromatic N) is 2. The predicted octanol–water partition coefficient (Wildman–Crippen LogP) is 2.26. The maximum Gasteiger partial charge on any atom is 0.134 e. The van der Waals surface area contributed by atoms with E-state index >= 15 is 0 Å². The third-order valence-electron chi connectivity index (χ3n) is 1.61. The van der Waals surface area contributed by atoms with Gasteiger partial charge in [0, 0.05) is 6.07 Å². The largest absolute Gasteiger partial charge is 0.354 e. The van der Waals surface area contributed by atoms with Gasteiger partial charge in [0.15, 0.2) is 0 Å². The van der Waals surface area contributed by atoms with E-state index in [-0.39, 0.29) is 0 Å². The molecule has 0 bridgehead atoms. The summed E-state index contributed by atoms with van der Waals surface area (Å²) in [6.45, 7) is 5.55. The van der Waals surface area contributed by atoms with Crippen molar-refractivity contribution < 1.29 is 0 Å². The van der Waals surface area contributed by atoms with Gasteiger partial charge in [-0.2, -0.15) is 0 Å². The second-order valence-electron chi connectivity index (χ2n) is 3.52. The van der Waals surface area contributed by atoms with Gasteiger partial charge >= 0.3 is 0 Å². The van der Waals surface area contributed by atoms with E-state index in [0.717, 1.165) is 0 Å². The fourth-order valence-corrected chi connectivity index (χ4v) is 1.18. The lowest BCUT2D eigenvalue weighted by atomic mass is 10.1. The second-order valence-corrected chi connectivity index (χ2v) is 3.90. The van der Waals surface area contributed by atoms with Crippen LogP contribution < -0.4 is 5.32 Å². The van der Waals surface area contributed by atoms with Crippen molar-refractivity contribution in [2.75, 3.05) is 5.32 Å². The Bertz CT molecular complexity index is 359. The molecule has 1 heterocycles. The van der Waals surface area contributed by atoms with E-state index in [1.165, 1.54) is 0 Å². The Morgan fingerprint density at radius 1 is 1.50 bits per heavy atom. The summed E-state index contributed by atoms with van der Waals surface area (Å²) in [6, 6.07) is 1.65. The minimum atomic E-state index is -0.440. The monoisotopic (exact) mass is 209 g/mol. The summed E-state index contributed by atoms with van der Waals surface area (Å²) in [6.07, 6.45) is 5.34. The van der Waals surface area contributed by atoms with Crippen molar-refractivity contribution in [2.24, 2.45) is 0 Å². The number of aromatic nitrogens is 2. The Kier molecular flexibility index (Phi) is 2.97. The Hall–Kier alpha value is -1.27. The number of anilines is 1. The van der Waals surface area contributed by atoms with Crippen LogP contribution in [-0.4, -0.2) is 15.5 Å². The zero-order chi connectivity index (χ0) is 10.8. The molecule has 74 valence electrons. The van der Waals surface area contributed by atoms with Crippen LogP contribution in [0.25, 0.3) is 0 Å². The Balaban J connectivity index is 2.94. The quantitative estimate of drug-likeness (QED) is 0.600. The Morgan fingerprint density at radius 3 is 2.64 bits per heavy atom. The summed E-state index contributed by atoms with van der Waals surface area (Å²) in [7, 11) is 0. The van der Waals surface area contributed by atoms with Crippen LogP contribution in [0.3, 0.4) is 0 Å². The molecule has 0 saturated carbocycles. The van der Waals surface area contributed by atoms with Crippen molar-refractivity contribution in [1.82, 2.24) is 9.97 Å². The fraction of sp³-hybridized carbons (Fsp3) is 0.400. The van der Waals surface area contributed by atoms with Crippen LogP contribution in [0.2, 0.25) is 5.15 Å². The van der Waals surface area contributed by atoms with E-state index in [1.807, 2.05) is 13.8 Å². The van der Waals surface area contributed by atoms with Gasteiger partial charge in [0.2, 0.25) is 0 Å². The third kappa shape index (κ3) is 2.90. The predicted molar refractivity (Wildman–Crippen MR) is 58.3 cm³/mol. The van der Waals surface area contributed by atoms with Crippen LogP contribution in [0.15, 0.2) is 6.07 Å². The normalized spacial score (nSPS) is 10.8. The van der Waals surface area contributed by atoms with Crippen molar-refractivity contribution in [3.63, 3.8) is 0 Å². The fourth-order valence-electron chi connectivity index (χ4n) is 0.952. The molecule has 14 heavy (non-hydrogen) atoms. The molecule has 0 aliphatic rings. The molecule has 0 unspecified atom stereocenters. The standard InChI is InChI=1S/C10H12ClN3/c1-5-10(3,4)14-9-6-8(11)12-7(2)13-9/h1,6H,2-4H3,(H,12,13,14). The number of nitrogens with one attached hydrogen (secondary N) is 1. The summed E-state index contributed by atoms with van der Waals surface area (Å²) in [5.74, 6) is 3.88. The van der Waals surface area contributed by atoms with Crippen LogP contribution in [0.1, 0.15) is 19.7 Å². The molecule has 0 atom stereocenters. The summed E-state index contributed by atoms with van der Waals surface area (Å²) in [5, 5.41) is 3.49. The molecule has 0 spiro atoms. The number of halogens is 1. The lowest BCUT2D eigenvalue weighted by Gasteiger charge is -2.20. The van der Waals surface area contributed by atoms with E-state index in [4.69, 9.17) is 18.0 Å². The molecule has 0 radical (unpaired) electrons. The van der Waals surface area contributed by atoms with Gasteiger partial charge in [0.1, 0.15) is 16.8 Å². The van der Waals surface area contributed by atoms with E-state index in [9.17, 15) is 0 Å². The van der Waals surface area contributed by atoms with Crippen molar-refractivity contribution in [2.45, 2.75) is 26.3 Å². The third-order valence-corrected chi connectivity index (χ3v) is 1.80. The molecule has 0 aliphatic carbocycles. The zero-order valence-electron chi connectivity index (χ0n) is 8.43. The maximum absolute atomic E-state index is 5.78. The number of hydrogen-bond donors (Lipinski definition) is 1. The van der Waals surface area contributed by atoms with E-state index in [2.05, 4.69) is 21.2 Å². The smallest absolute Gasteiger partial charge is 0.134 e. The van der Waals surface area contributed by atoms with Gasteiger partial charge in [-0.3, -0.25) is 0 Å². The summed E-state index contributed by atoms with van der Waals surface area (Å²) >= 11 is 5.78. The number of hydrogen-bond acceptors (Lipinski definition) is 3. The molecule has 1 aromatic rings. The summed E-state index contributed by atoms with van der Waals surface area (Å²) < 4.78 is 0. The Morgan fingerprint density at radius 2 is 2.14 bits per heavy atom. The molecule has 0 saturated heterocycles. The van der Waals surface area contributed by atoms with Gasteiger partial charge in [-0.15, -0.1) is 6.42 Å². The molecule has 1 N–H and O–H groups in total. The lowest BCUT2D eigenvalue weighted by Crippen LogP contribution is -2.29. The first-order chi connectivity index (χ1) is 6.43. The van der Waals surface area contributed by atoms with Crippen molar-refractivity contribution in [1.29, 1.82) is 0 Å². The molecule has 1 rings (SSSR count).